The van der Waals surface area contributed by atoms with Crippen LogP contribution in [0.25, 0.3) is 0 Å². The molecule has 0 aromatic heterocycles. The van der Waals surface area contributed by atoms with E-state index in [1.807, 2.05) is 11.0 Å². The Morgan fingerprint density at radius 1 is 1.14 bits per heavy atom. The summed E-state index contributed by atoms with van der Waals surface area (Å²) in [7, 11) is 0. The fourth-order valence-corrected chi connectivity index (χ4v) is 5.27. The van der Waals surface area contributed by atoms with Crippen molar-refractivity contribution >= 4 is 17.5 Å². The average molecular weight is 392 g/mol. The molecule has 0 unspecified atom stereocenters. The second-order valence-electron chi connectivity index (χ2n) is 9.09. The maximum absolute atomic E-state index is 13.5. The highest BCUT2D eigenvalue weighted by Crippen LogP contribution is 2.57. The molecule has 2 atom stereocenters. The molecule has 5 heteroatoms. The quantitative estimate of drug-likeness (QED) is 0.808. The molecule has 152 valence electrons. The van der Waals surface area contributed by atoms with Crippen molar-refractivity contribution in [2.45, 2.75) is 52.0 Å². The van der Waals surface area contributed by atoms with Crippen molar-refractivity contribution in [3.05, 3.63) is 59.2 Å². The molecule has 2 aromatic rings. The van der Waals surface area contributed by atoms with Gasteiger partial charge >= 0.3 is 0 Å². The Labute approximate surface area is 171 Å². The summed E-state index contributed by atoms with van der Waals surface area (Å²) < 4.78 is 0. The zero-order chi connectivity index (χ0) is 21.0. The SMILES string of the molecule is CC(=O)Nc1cccc(C(=O)N2CC[C@@]3(C)c4cccc(O)c4C[C@@H]2C3(C)C)c1. The van der Waals surface area contributed by atoms with E-state index in [4.69, 9.17) is 0 Å². The number of nitrogens with one attached hydrogen (secondary N) is 1. The number of hydrogen-bond acceptors (Lipinski definition) is 3. The Kier molecular flexibility index (Phi) is 4.45. The number of nitrogens with zero attached hydrogens (tertiary/aromatic N) is 1. The van der Waals surface area contributed by atoms with Crippen LogP contribution in [0.15, 0.2) is 42.5 Å². The van der Waals surface area contributed by atoms with Crippen molar-refractivity contribution in [1.82, 2.24) is 4.90 Å². The molecule has 1 heterocycles. The number of fused-ring (bicyclic) bond motifs is 4. The molecule has 2 bridgehead atoms. The highest BCUT2D eigenvalue weighted by atomic mass is 16.3. The van der Waals surface area contributed by atoms with Gasteiger partial charge in [-0.05, 0) is 53.6 Å². The lowest BCUT2D eigenvalue weighted by Gasteiger charge is -2.60. The van der Waals surface area contributed by atoms with Crippen LogP contribution in [0.1, 0.15) is 55.6 Å². The Balaban J connectivity index is 1.72. The maximum Gasteiger partial charge on any atom is 0.254 e. The van der Waals surface area contributed by atoms with Crippen LogP contribution in [-0.2, 0) is 16.6 Å². The van der Waals surface area contributed by atoms with Crippen molar-refractivity contribution in [2.24, 2.45) is 5.41 Å². The molecule has 5 nitrogen and oxygen atoms in total. The largest absolute Gasteiger partial charge is 0.508 e. The normalized spacial score (nSPS) is 24.6. The number of benzene rings is 2. The maximum atomic E-state index is 13.5. The fourth-order valence-electron chi connectivity index (χ4n) is 5.27. The van der Waals surface area contributed by atoms with E-state index in [-0.39, 0.29) is 28.7 Å². The van der Waals surface area contributed by atoms with Crippen LogP contribution in [0.5, 0.6) is 5.75 Å². The minimum absolute atomic E-state index is 0.0148. The summed E-state index contributed by atoms with van der Waals surface area (Å²) in [4.78, 5) is 26.8. The number of rotatable bonds is 2. The molecule has 4 rings (SSSR count). The summed E-state index contributed by atoms with van der Waals surface area (Å²) in [6.07, 6.45) is 1.48. The Hall–Kier alpha value is -2.82. The van der Waals surface area contributed by atoms with E-state index in [9.17, 15) is 14.7 Å². The van der Waals surface area contributed by atoms with E-state index in [2.05, 4.69) is 32.2 Å². The van der Waals surface area contributed by atoms with E-state index in [0.717, 1.165) is 12.0 Å². The highest BCUT2D eigenvalue weighted by Gasteiger charge is 2.57. The van der Waals surface area contributed by atoms with Gasteiger partial charge in [-0.3, -0.25) is 9.59 Å². The van der Waals surface area contributed by atoms with Gasteiger partial charge < -0.3 is 15.3 Å². The molecule has 2 amide bonds. The van der Waals surface area contributed by atoms with Gasteiger partial charge in [0.05, 0.1) is 0 Å². The first-order chi connectivity index (χ1) is 13.6. The first-order valence-electron chi connectivity index (χ1n) is 10.1. The van der Waals surface area contributed by atoms with Crippen molar-refractivity contribution in [3.63, 3.8) is 0 Å². The van der Waals surface area contributed by atoms with Gasteiger partial charge in [0.15, 0.2) is 0 Å². The van der Waals surface area contributed by atoms with Gasteiger partial charge in [0.2, 0.25) is 5.91 Å². The van der Waals surface area contributed by atoms with Crippen molar-refractivity contribution in [2.75, 3.05) is 11.9 Å². The number of amides is 2. The number of aromatic hydroxyl groups is 1. The van der Waals surface area contributed by atoms with E-state index >= 15 is 0 Å². The molecule has 2 aromatic carbocycles. The highest BCUT2D eigenvalue weighted by molar-refractivity contribution is 5.97. The van der Waals surface area contributed by atoms with Crippen LogP contribution >= 0.6 is 0 Å². The van der Waals surface area contributed by atoms with E-state index in [1.54, 1.807) is 30.3 Å². The van der Waals surface area contributed by atoms with Crippen LogP contribution in [-0.4, -0.2) is 34.4 Å². The number of phenols is 1. The topological polar surface area (TPSA) is 69.6 Å². The van der Waals surface area contributed by atoms with E-state index in [0.29, 0.717) is 30.0 Å². The predicted octanol–water partition coefficient (Wildman–Crippen LogP) is 4.11. The summed E-state index contributed by atoms with van der Waals surface area (Å²) >= 11 is 0. The van der Waals surface area contributed by atoms with Gasteiger partial charge in [0, 0.05) is 36.2 Å². The third-order valence-corrected chi connectivity index (χ3v) is 7.32. The molecule has 29 heavy (non-hydrogen) atoms. The summed E-state index contributed by atoms with van der Waals surface area (Å²) in [5, 5.41) is 13.3. The van der Waals surface area contributed by atoms with Gasteiger partial charge in [-0.15, -0.1) is 0 Å². The summed E-state index contributed by atoms with van der Waals surface area (Å²) in [6.45, 7) is 8.85. The summed E-state index contributed by atoms with van der Waals surface area (Å²) in [5.41, 5.74) is 3.10. The third-order valence-electron chi connectivity index (χ3n) is 7.32. The first-order valence-corrected chi connectivity index (χ1v) is 10.1. The van der Waals surface area contributed by atoms with Gasteiger partial charge in [0.1, 0.15) is 5.75 Å². The molecule has 0 saturated carbocycles. The smallest absolute Gasteiger partial charge is 0.254 e. The summed E-state index contributed by atoms with van der Waals surface area (Å²) in [6, 6.07) is 12.9. The molecular weight excluding hydrogens is 364 g/mol. The molecule has 0 radical (unpaired) electrons. The Bertz CT molecular complexity index is 997. The number of hydrogen-bond donors (Lipinski definition) is 2. The fraction of sp³-hybridized carbons (Fsp3) is 0.417. The molecule has 2 N–H and O–H groups in total. The van der Waals surface area contributed by atoms with Crippen LogP contribution in [0.2, 0.25) is 0 Å². The predicted molar refractivity (Wildman–Crippen MR) is 113 cm³/mol. The van der Waals surface area contributed by atoms with E-state index in [1.165, 1.54) is 12.5 Å². The molecule has 1 fully saturated rings. The van der Waals surface area contributed by atoms with Gasteiger partial charge in [0.25, 0.3) is 5.91 Å². The van der Waals surface area contributed by atoms with Crippen LogP contribution in [0.4, 0.5) is 5.69 Å². The zero-order valence-corrected chi connectivity index (χ0v) is 17.5. The summed E-state index contributed by atoms with van der Waals surface area (Å²) in [5.74, 6) is 0.121. The number of anilines is 1. The molecule has 1 aliphatic carbocycles. The minimum atomic E-state index is -0.163. The van der Waals surface area contributed by atoms with Gasteiger partial charge in [-0.1, -0.05) is 39.0 Å². The molecule has 0 spiro atoms. The second kappa shape index (κ2) is 6.61. The van der Waals surface area contributed by atoms with Crippen molar-refractivity contribution < 1.29 is 14.7 Å². The van der Waals surface area contributed by atoms with Gasteiger partial charge in [-0.2, -0.15) is 0 Å². The Morgan fingerprint density at radius 3 is 2.59 bits per heavy atom. The number of carbonyl (C=O) groups excluding carboxylic acids is 2. The van der Waals surface area contributed by atoms with Gasteiger partial charge in [-0.25, -0.2) is 0 Å². The standard InChI is InChI=1S/C24H28N2O3/c1-15(27)25-17-8-5-7-16(13-17)22(29)26-12-11-24(4)19-9-6-10-20(28)18(19)14-21(26)23(24,2)3/h5-10,13,21,28H,11-12,14H2,1-4H3,(H,25,27)/t21-,24+/m1/s1. The van der Waals surface area contributed by atoms with Crippen molar-refractivity contribution in [1.29, 1.82) is 0 Å². The lowest BCUT2D eigenvalue weighted by molar-refractivity contribution is -0.114. The number of likely N-dealkylation sites (tertiary alicyclic amines) is 1. The molecular formula is C24H28N2O3. The average Bonchev–Trinajstić information content (AvgIpc) is 2.64. The van der Waals surface area contributed by atoms with Crippen LogP contribution < -0.4 is 5.32 Å². The Morgan fingerprint density at radius 2 is 1.86 bits per heavy atom. The first kappa shape index (κ1) is 19.5. The second-order valence-corrected chi connectivity index (χ2v) is 9.09. The number of phenolic OH excluding ortho intramolecular Hbond substituents is 1. The van der Waals surface area contributed by atoms with Crippen molar-refractivity contribution in [3.8, 4) is 5.75 Å². The minimum Gasteiger partial charge on any atom is -0.508 e. The monoisotopic (exact) mass is 392 g/mol. The number of carbonyl (C=O) groups is 2. The lowest BCUT2D eigenvalue weighted by atomic mass is 9.51. The zero-order valence-electron chi connectivity index (χ0n) is 17.5. The molecule has 2 aliphatic rings. The lowest BCUT2D eigenvalue weighted by Crippen LogP contribution is -2.64. The van der Waals surface area contributed by atoms with Crippen LogP contribution in [0.3, 0.4) is 0 Å². The molecule has 1 saturated heterocycles. The van der Waals surface area contributed by atoms with Crippen LogP contribution in [0, 0.1) is 5.41 Å². The van der Waals surface area contributed by atoms with E-state index < -0.39 is 0 Å². The third kappa shape index (κ3) is 2.91. The number of piperidine rings is 1. The molecule has 1 aliphatic heterocycles.